The molecule has 7 nitrogen and oxygen atoms in total. The Hall–Kier alpha value is -3.23. The van der Waals surface area contributed by atoms with E-state index in [1.807, 2.05) is 24.3 Å². The number of rotatable bonds is 5. The Morgan fingerprint density at radius 3 is 2.55 bits per heavy atom. The minimum atomic E-state index is -1.08. The number of nitrogens with two attached hydrogens (primary N) is 1. The molecule has 1 unspecified atom stereocenters. The van der Waals surface area contributed by atoms with Gasteiger partial charge in [-0.3, -0.25) is 9.59 Å². The van der Waals surface area contributed by atoms with Crippen LogP contribution in [0, 0.1) is 0 Å². The van der Waals surface area contributed by atoms with Crippen molar-refractivity contribution in [2.75, 3.05) is 11.4 Å². The molecule has 3 aromatic carbocycles. The standard InChI is InChI=1S/C23H20BrN3O4/c24-18-9-17(23(30)31)10-19(11-18)27-6-5-20(22(27)29)26-21(28)16-4-3-14-7-13(12-25)1-2-15(14)8-16/h1-4,7-11,20H,5-6,12,25H2,(H,26,28)(H,30,31). The van der Waals surface area contributed by atoms with Crippen LogP contribution in [0.25, 0.3) is 10.8 Å². The van der Waals surface area contributed by atoms with E-state index in [9.17, 15) is 19.5 Å². The molecule has 0 saturated carbocycles. The van der Waals surface area contributed by atoms with Crippen LogP contribution in [0.4, 0.5) is 5.69 Å². The lowest BCUT2D eigenvalue weighted by atomic mass is 10.0. The summed E-state index contributed by atoms with van der Waals surface area (Å²) in [5, 5.41) is 14.0. The minimum Gasteiger partial charge on any atom is -0.478 e. The van der Waals surface area contributed by atoms with Gasteiger partial charge in [0.2, 0.25) is 5.91 Å². The second-order valence-corrected chi connectivity index (χ2v) is 8.32. The molecule has 0 radical (unpaired) electrons. The van der Waals surface area contributed by atoms with Gasteiger partial charge in [-0.1, -0.05) is 34.1 Å². The molecular formula is C23H20BrN3O4. The normalized spacial score (nSPS) is 16.0. The highest BCUT2D eigenvalue weighted by molar-refractivity contribution is 9.10. The Labute approximate surface area is 187 Å². The van der Waals surface area contributed by atoms with Crippen LogP contribution in [0.5, 0.6) is 0 Å². The highest BCUT2D eigenvalue weighted by Gasteiger charge is 2.34. The van der Waals surface area contributed by atoms with Crippen LogP contribution in [0.15, 0.2) is 59.1 Å². The number of nitrogens with zero attached hydrogens (tertiary/aromatic N) is 1. The first kappa shape index (κ1) is 21.0. The first-order valence-electron chi connectivity index (χ1n) is 9.74. The van der Waals surface area contributed by atoms with E-state index in [0.29, 0.717) is 35.2 Å². The summed E-state index contributed by atoms with van der Waals surface area (Å²) in [5.41, 5.74) is 7.72. The highest BCUT2D eigenvalue weighted by Crippen LogP contribution is 2.27. The van der Waals surface area contributed by atoms with Gasteiger partial charge in [-0.2, -0.15) is 0 Å². The van der Waals surface area contributed by atoms with Crippen molar-refractivity contribution in [3.63, 3.8) is 0 Å². The number of aromatic carboxylic acids is 1. The Balaban J connectivity index is 1.50. The van der Waals surface area contributed by atoms with Crippen molar-refractivity contribution in [3.05, 3.63) is 75.8 Å². The maximum absolute atomic E-state index is 12.9. The predicted octanol–water partition coefficient (Wildman–Crippen LogP) is 3.29. The number of carboxylic acid groups (broad SMARTS) is 1. The number of fused-ring (bicyclic) bond motifs is 1. The fourth-order valence-electron chi connectivity index (χ4n) is 3.73. The lowest BCUT2D eigenvalue weighted by Gasteiger charge is -2.18. The third-order valence-electron chi connectivity index (χ3n) is 5.35. The summed E-state index contributed by atoms with van der Waals surface area (Å²) in [4.78, 5) is 38.5. The second kappa shape index (κ2) is 8.49. The molecule has 1 atom stereocenters. The topological polar surface area (TPSA) is 113 Å². The summed E-state index contributed by atoms with van der Waals surface area (Å²) in [7, 11) is 0. The number of nitrogens with one attached hydrogen (secondary N) is 1. The van der Waals surface area contributed by atoms with Crippen molar-refractivity contribution in [1.82, 2.24) is 5.32 Å². The zero-order chi connectivity index (χ0) is 22.1. The van der Waals surface area contributed by atoms with Gasteiger partial charge in [0.15, 0.2) is 0 Å². The number of amides is 2. The summed E-state index contributed by atoms with van der Waals surface area (Å²) in [5.74, 6) is -1.67. The van der Waals surface area contributed by atoms with Gasteiger partial charge in [0.25, 0.3) is 5.91 Å². The number of hydrogen-bond acceptors (Lipinski definition) is 4. The Morgan fingerprint density at radius 1 is 1.06 bits per heavy atom. The van der Waals surface area contributed by atoms with Crippen molar-refractivity contribution in [3.8, 4) is 0 Å². The SMILES string of the molecule is NCc1ccc2cc(C(=O)NC3CCN(c4cc(Br)cc(C(=O)O)c4)C3=O)ccc2c1. The lowest BCUT2D eigenvalue weighted by molar-refractivity contribution is -0.118. The van der Waals surface area contributed by atoms with Gasteiger partial charge in [0.05, 0.1) is 5.56 Å². The predicted molar refractivity (Wildman–Crippen MR) is 121 cm³/mol. The molecular weight excluding hydrogens is 462 g/mol. The molecule has 0 aromatic heterocycles. The van der Waals surface area contributed by atoms with Gasteiger partial charge in [-0.25, -0.2) is 4.79 Å². The number of carbonyl (C=O) groups excluding carboxylic acids is 2. The molecule has 0 spiro atoms. The lowest BCUT2D eigenvalue weighted by Crippen LogP contribution is -2.41. The van der Waals surface area contributed by atoms with Gasteiger partial charge in [-0.05, 0) is 59.2 Å². The van der Waals surface area contributed by atoms with Crippen molar-refractivity contribution in [2.45, 2.75) is 19.0 Å². The van der Waals surface area contributed by atoms with E-state index >= 15 is 0 Å². The largest absolute Gasteiger partial charge is 0.478 e. The smallest absolute Gasteiger partial charge is 0.335 e. The summed E-state index contributed by atoms with van der Waals surface area (Å²) in [6.07, 6.45) is 0.437. The van der Waals surface area contributed by atoms with Gasteiger partial charge in [-0.15, -0.1) is 0 Å². The molecule has 1 aliphatic rings. The van der Waals surface area contributed by atoms with Crippen molar-refractivity contribution < 1.29 is 19.5 Å². The molecule has 1 saturated heterocycles. The number of benzene rings is 3. The average molecular weight is 482 g/mol. The maximum atomic E-state index is 12.9. The van der Waals surface area contributed by atoms with E-state index in [0.717, 1.165) is 16.3 Å². The molecule has 1 fully saturated rings. The molecule has 4 rings (SSSR count). The number of carbonyl (C=O) groups is 3. The number of halogens is 1. The van der Waals surface area contributed by atoms with Crippen molar-refractivity contribution in [2.24, 2.45) is 5.73 Å². The fourth-order valence-corrected chi connectivity index (χ4v) is 4.21. The third-order valence-corrected chi connectivity index (χ3v) is 5.81. The molecule has 31 heavy (non-hydrogen) atoms. The van der Waals surface area contributed by atoms with E-state index in [1.54, 1.807) is 18.2 Å². The van der Waals surface area contributed by atoms with E-state index in [2.05, 4.69) is 21.2 Å². The Morgan fingerprint density at radius 2 is 1.81 bits per heavy atom. The molecule has 1 aliphatic heterocycles. The number of anilines is 1. The molecule has 0 bridgehead atoms. The van der Waals surface area contributed by atoms with Gasteiger partial charge < -0.3 is 21.1 Å². The summed E-state index contributed by atoms with van der Waals surface area (Å²) < 4.78 is 0.566. The first-order valence-corrected chi connectivity index (χ1v) is 10.5. The Bertz CT molecular complexity index is 1210. The van der Waals surface area contributed by atoms with Gasteiger partial charge >= 0.3 is 5.97 Å². The highest BCUT2D eigenvalue weighted by atomic mass is 79.9. The maximum Gasteiger partial charge on any atom is 0.335 e. The second-order valence-electron chi connectivity index (χ2n) is 7.41. The summed E-state index contributed by atoms with van der Waals surface area (Å²) in [6, 6.07) is 15.1. The third kappa shape index (κ3) is 4.30. The van der Waals surface area contributed by atoms with Crippen LogP contribution < -0.4 is 16.0 Å². The van der Waals surface area contributed by atoms with E-state index in [-0.39, 0.29) is 17.4 Å². The van der Waals surface area contributed by atoms with Crippen molar-refractivity contribution >= 4 is 50.2 Å². The van der Waals surface area contributed by atoms with E-state index in [1.165, 1.54) is 17.0 Å². The average Bonchev–Trinajstić information content (AvgIpc) is 3.12. The molecule has 0 aliphatic carbocycles. The number of hydrogen-bond donors (Lipinski definition) is 3. The van der Waals surface area contributed by atoms with Crippen LogP contribution in [0.2, 0.25) is 0 Å². The van der Waals surface area contributed by atoms with Crippen molar-refractivity contribution in [1.29, 1.82) is 0 Å². The van der Waals surface area contributed by atoms with Gasteiger partial charge in [0.1, 0.15) is 6.04 Å². The monoisotopic (exact) mass is 481 g/mol. The van der Waals surface area contributed by atoms with E-state index in [4.69, 9.17) is 5.73 Å². The molecule has 3 aromatic rings. The van der Waals surface area contributed by atoms with Crippen LogP contribution in [0.1, 0.15) is 32.7 Å². The van der Waals surface area contributed by atoms with Crippen LogP contribution in [0.3, 0.4) is 0 Å². The van der Waals surface area contributed by atoms with E-state index < -0.39 is 12.0 Å². The quantitative estimate of drug-likeness (QED) is 0.517. The summed E-state index contributed by atoms with van der Waals surface area (Å²) >= 11 is 3.29. The summed E-state index contributed by atoms with van der Waals surface area (Å²) in [6.45, 7) is 0.837. The zero-order valence-electron chi connectivity index (χ0n) is 16.5. The first-order chi connectivity index (χ1) is 14.9. The molecule has 158 valence electrons. The van der Waals surface area contributed by atoms with Crippen LogP contribution >= 0.6 is 15.9 Å². The Kier molecular flexibility index (Phi) is 5.75. The zero-order valence-corrected chi connectivity index (χ0v) is 18.1. The minimum absolute atomic E-state index is 0.0821. The van der Waals surface area contributed by atoms with Crippen LogP contribution in [-0.2, 0) is 11.3 Å². The van der Waals surface area contributed by atoms with Crippen LogP contribution in [-0.4, -0.2) is 35.5 Å². The molecule has 4 N–H and O–H groups in total. The molecule has 2 amide bonds. The number of carboxylic acids is 1. The fraction of sp³-hybridized carbons (Fsp3) is 0.174. The molecule has 8 heteroatoms. The van der Waals surface area contributed by atoms with Gasteiger partial charge in [0, 0.05) is 28.8 Å². The molecule has 1 heterocycles.